The Morgan fingerprint density at radius 3 is 2.89 bits per heavy atom. The molecule has 2 aromatic rings. The van der Waals surface area contributed by atoms with Gasteiger partial charge in [0.15, 0.2) is 0 Å². The number of carbonyl (C=O) groups is 1. The van der Waals surface area contributed by atoms with Gasteiger partial charge in [0, 0.05) is 31.4 Å². The summed E-state index contributed by atoms with van der Waals surface area (Å²) in [4.78, 5) is 11.3. The van der Waals surface area contributed by atoms with Crippen LogP contribution in [0.2, 0.25) is 0 Å². The first-order chi connectivity index (χ1) is 9.06. The largest absolute Gasteiger partial charge is 0.492 e. The Morgan fingerprint density at radius 2 is 2.26 bits per heavy atom. The quantitative estimate of drug-likeness (QED) is 0.774. The van der Waals surface area contributed by atoms with Gasteiger partial charge in [-0.2, -0.15) is 5.10 Å². The van der Waals surface area contributed by atoms with Crippen LogP contribution in [0.1, 0.15) is 15.9 Å². The molecule has 0 saturated heterocycles. The summed E-state index contributed by atoms with van der Waals surface area (Å²) in [5.74, 6) is -0.118. The first-order valence-corrected chi connectivity index (χ1v) is 5.86. The van der Waals surface area contributed by atoms with Gasteiger partial charge in [0.1, 0.15) is 5.75 Å². The van der Waals surface area contributed by atoms with E-state index in [2.05, 4.69) is 5.10 Å². The highest BCUT2D eigenvalue weighted by Crippen LogP contribution is 2.21. The van der Waals surface area contributed by atoms with Crippen LogP contribution in [0, 0.1) is 0 Å². The molecule has 6 nitrogen and oxygen atoms in total. The molecule has 1 amide bonds. The van der Waals surface area contributed by atoms with Gasteiger partial charge >= 0.3 is 0 Å². The highest BCUT2D eigenvalue weighted by molar-refractivity contribution is 5.96. The van der Waals surface area contributed by atoms with Crippen LogP contribution in [0.4, 0.5) is 5.69 Å². The topological polar surface area (TPSA) is 96.2 Å². The number of ether oxygens (including phenoxy) is 1. The van der Waals surface area contributed by atoms with Crippen LogP contribution in [0.3, 0.4) is 0 Å². The standard InChI is InChI=1S/C13H16N4O2/c1-17-8-9(7-16-17)4-5-19-12-6-10(14)2-3-11(12)13(15)18/h2-3,6-8H,4-5,14H2,1H3,(H2,15,18). The molecule has 100 valence electrons. The lowest BCUT2D eigenvalue weighted by atomic mass is 10.1. The normalized spacial score (nSPS) is 10.4. The van der Waals surface area contributed by atoms with Crippen molar-refractivity contribution in [1.29, 1.82) is 0 Å². The van der Waals surface area contributed by atoms with Crippen molar-refractivity contribution in [1.82, 2.24) is 9.78 Å². The molecule has 0 radical (unpaired) electrons. The molecule has 1 heterocycles. The van der Waals surface area contributed by atoms with Crippen LogP contribution < -0.4 is 16.2 Å². The average molecular weight is 260 g/mol. The molecule has 0 aliphatic carbocycles. The zero-order valence-electron chi connectivity index (χ0n) is 10.7. The first kappa shape index (κ1) is 12.9. The molecule has 19 heavy (non-hydrogen) atoms. The highest BCUT2D eigenvalue weighted by Gasteiger charge is 2.09. The Morgan fingerprint density at radius 1 is 1.47 bits per heavy atom. The van der Waals surface area contributed by atoms with Gasteiger partial charge < -0.3 is 16.2 Å². The lowest BCUT2D eigenvalue weighted by molar-refractivity contribution is 0.0996. The molecule has 1 aromatic heterocycles. The predicted octanol–water partition coefficient (Wildman–Crippen LogP) is 0.723. The molecule has 0 bridgehead atoms. The fraction of sp³-hybridized carbons (Fsp3) is 0.231. The second-order valence-corrected chi connectivity index (χ2v) is 4.24. The van der Waals surface area contributed by atoms with Crippen LogP contribution in [0.25, 0.3) is 0 Å². The summed E-state index contributed by atoms with van der Waals surface area (Å²) in [7, 11) is 1.85. The number of rotatable bonds is 5. The molecule has 1 aromatic carbocycles. The van der Waals surface area contributed by atoms with Crippen molar-refractivity contribution in [2.75, 3.05) is 12.3 Å². The van der Waals surface area contributed by atoms with Crippen LogP contribution >= 0.6 is 0 Å². The van der Waals surface area contributed by atoms with Gasteiger partial charge in [-0.15, -0.1) is 0 Å². The molecule has 0 aliphatic rings. The summed E-state index contributed by atoms with van der Waals surface area (Å²) < 4.78 is 7.30. The number of aromatic nitrogens is 2. The maximum Gasteiger partial charge on any atom is 0.252 e. The van der Waals surface area contributed by atoms with Crippen LogP contribution in [0.5, 0.6) is 5.75 Å². The number of hydrogen-bond acceptors (Lipinski definition) is 4. The van der Waals surface area contributed by atoms with E-state index in [1.165, 1.54) is 0 Å². The molecule has 0 saturated carbocycles. The number of nitrogens with zero attached hydrogens (tertiary/aromatic N) is 2. The van der Waals surface area contributed by atoms with E-state index in [9.17, 15) is 4.79 Å². The number of hydrogen-bond donors (Lipinski definition) is 2. The summed E-state index contributed by atoms with van der Waals surface area (Å²) >= 11 is 0. The second kappa shape index (κ2) is 5.43. The fourth-order valence-electron chi connectivity index (χ4n) is 1.74. The van der Waals surface area contributed by atoms with E-state index in [0.717, 1.165) is 5.56 Å². The Bertz CT molecular complexity index is 592. The number of anilines is 1. The van der Waals surface area contributed by atoms with Gasteiger partial charge in [-0.3, -0.25) is 9.48 Å². The number of aryl methyl sites for hydroxylation is 1. The zero-order chi connectivity index (χ0) is 13.8. The van der Waals surface area contributed by atoms with Gasteiger partial charge in [-0.1, -0.05) is 0 Å². The fourth-order valence-corrected chi connectivity index (χ4v) is 1.74. The SMILES string of the molecule is Cn1cc(CCOc2cc(N)ccc2C(N)=O)cn1. The summed E-state index contributed by atoms with van der Waals surface area (Å²) in [5.41, 5.74) is 12.9. The Kier molecular flexibility index (Phi) is 3.70. The Hall–Kier alpha value is -2.50. The van der Waals surface area contributed by atoms with Crippen molar-refractivity contribution < 1.29 is 9.53 Å². The van der Waals surface area contributed by atoms with Crippen molar-refractivity contribution in [2.45, 2.75) is 6.42 Å². The van der Waals surface area contributed by atoms with Crippen LogP contribution in [-0.4, -0.2) is 22.3 Å². The molecule has 0 spiro atoms. The van der Waals surface area contributed by atoms with Crippen molar-refractivity contribution >= 4 is 11.6 Å². The molecular formula is C13H16N4O2. The molecule has 0 unspecified atom stereocenters. The Labute approximate surface area is 111 Å². The van der Waals surface area contributed by atoms with Crippen molar-refractivity contribution in [3.05, 3.63) is 41.7 Å². The number of nitrogen functional groups attached to an aromatic ring is 1. The van der Waals surface area contributed by atoms with Gasteiger partial charge in [0.05, 0.1) is 18.4 Å². The van der Waals surface area contributed by atoms with E-state index in [1.54, 1.807) is 29.1 Å². The van der Waals surface area contributed by atoms with Crippen LogP contribution in [0.15, 0.2) is 30.6 Å². The molecule has 2 rings (SSSR count). The number of amides is 1. The zero-order valence-corrected chi connectivity index (χ0v) is 10.7. The lowest BCUT2D eigenvalue weighted by Gasteiger charge is -2.09. The minimum Gasteiger partial charge on any atom is -0.492 e. The molecule has 0 fully saturated rings. The van der Waals surface area contributed by atoms with Crippen molar-refractivity contribution in [3.63, 3.8) is 0 Å². The average Bonchev–Trinajstić information content (AvgIpc) is 2.75. The molecule has 6 heteroatoms. The summed E-state index contributed by atoms with van der Waals surface area (Å²) in [6.07, 6.45) is 4.39. The Balaban J connectivity index is 2.02. The highest BCUT2D eigenvalue weighted by atomic mass is 16.5. The monoisotopic (exact) mass is 260 g/mol. The molecular weight excluding hydrogens is 244 g/mol. The maximum atomic E-state index is 11.3. The maximum absolute atomic E-state index is 11.3. The van der Waals surface area contributed by atoms with Gasteiger partial charge in [0.25, 0.3) is 5.91 Å². The molecule has 4 N–H and O–H groups in total. The smallest absolute Gasteiger partial charge is 0.252 e. The predicted molar refractivity (Wildman–Crippen MR) is 71.8 cm³/mol. The van der Waals surface area contributed by atoms with Gasteiger partial charge in [0.2, 0.25) is 0 Å². The van der Waals surface area contributed by atoms with E-state index in [4.69, 9.17) is 16.2 Å². The van der Waals surface area contributed by atoms with E-state index in [0.29, 0.717) is 30.0 Å². The van der Waals surface area contributed by atoms with Gasteiger partial charge in [-0.25, -0.2) is 0 Å². The molecule has 0 atom stereocenters. The van der Waals surface area contributed by atoms with E-state index < -0.39 is 5.91 Å². The first-order valence-electron chi connectivity index (χ1n) is 5.86. The number of primary amides is 1. The number of benzene rings is 1. The third-order valence-electron chi connectivity index (χ3n) is 2.68. The minimum atomic E-state index is -0.531. The second-order valence-electron chi connectivity index (χ2n) is 4.24. The van der Waals surface area contributed by atoms with Crippen molar-refractivity contribution in [3.8, 4) is 5.75 Å². The third-order valence-corrected chi connectivity index (χ3v) is 2.68. The minimum absolute atomic E-state index is 0.334. The third kappa shape index (κ3) is 3.25. The molecule has 0 aliphatic heterocycles. The van der Waals surface area contributed by atoms with E-state index >= 15 is 0 Å². The van der Waals surface area contributed by atoms with E-state index in [1.807, 2.05) is 13.2 Å². The van der Waals surface area contributed by atoms with E-state index in [-0.39, 0.29) is 0 Å². The number of carbonyl (C=O) groups excluding carboxylic acids is 1. The summed E-state index contributed by atoms with van der Waals surface area (Å²) in [6.45, 7) is 0.426. The van der Waals surface area contributed by atoms with Gasteiger partial charge in [-0.05, 0) is 17.7 Å². The van der Waals surface area contributed by atoms with Crippen molar-refractivity contribution in [2.24, 2.45) is 12.8 Å². The number of nitrogens with two attached hydrogens (primary N) is 2. The summed E-state index contributed by atoms with van der Waals surface area (Å²) in [6, 6.07) is 4.79. The van der Waals surface area contributed by atoms with Crippen LogP contribution in [-0.2, 0) is 13.5 Å². The lowest BCUT2D eigenvalue weighted by Crippen LogP contribution is -2.14. The summed E-state index contributed by atoms with van der Waals surface area (Å²) in [5, 5.41) is 4.07.